The molecule has 4 nitrogen and oxygen atoms in total. The van der Waals surface area contributed by atoms with E-state index in [-0.39, 0.29) is 5.56 Å². The van der Waals surface area contributed by atoms with Crippen LogP contribution >= 0.6 is 0 Å². The van der Waals surface area contributed by atoms with Gasteiger partial charge in [0.05, 0.1) is 0 Å². The van der Waals surface area contributed by atoms with Gasteiger partial charge >= 0.3 is 12.1 Å². The van der Waals surface area contributed by atoms with E-state index in [2.05, 4.69) is 0 Å². The molecular weight excluding hydrogens is 287 g/mol. The molecule has 0 bridgehead atoms. The molecule has 1 N–H and O–H groups in total. The Morgan fingerprint density at radius 2 is 1.95 bits per heavy atom. The van der Waals surface area contributed by atoms with E-state index < -0.39 is 24.6 Å². The van der Waals surface area contributed by atoms with Crippen molar-refractivity contribution >= 4 is 18.0 Å². The van der Waals surface area contributed by atoms with Crippen LogP contribution in [-0.2, 0) is 4.79 Å². The zero-order valence-corrected chi connectivity index (χ0v) is 11.4. The Labute approximate surface area is 119 Å². The number of carboxylic acid groups (broad SMARTS) is 1. The van der Waals surface area contributed by atoms with Crippen molar-refractivity contribution in [3.63, 3.8) is 0 Å². The van der Waals surface area contributed by atoms with Crippen LogP contribution in [0.3, 0.4) is 0 Å². The molecule has 0 aliphatic carbocycles. The predicted molar refractivity (Wildman–Crippen MR) is 70.9 cm³/mol. The first-order chi connectivity index (χ1) is 9.60. The van der Waals surface area contributed by atoms with Gasteiger partial charge in [-0.2, -0.15) is 13.2 Å². The van der Waals surface area contributed by atoms with Gasteiger partial charge in [0.2, 0.25) is 0 Å². The number of hydrogen-bond donors (Lipinski definition) is 1. The van der Waals surface area contributed by atoms with E-state index >= 15 is 0 Å². The Kier molecular flexibility index (Phi) is 5.12. The zero-order valence-electron chi connectivity index (χ0n) is 11.4. The molecule has 1 aromatic carbocycles. The van der Waals surface area contributed by atoms with Gasteiger partial charge in [-0.3, -0.25) is 4.79 Å². The number of alkyl halides is 3. The Morgan fingerprint density at radius 1 is 1.33 bits per heavy atom. The van der Waals surface area contributed by atoms with E-state index in [4.69, 9.17) is 5.11 Å². The van der Waals surface area contributed by atoms with Crippen molar-refractivity contribution in [3.8, 4) is 0 Å². The maximum Gasteiger partial charge on any atom is 0.406 e. The van der Waals surface area contributed by atoms with Gasteiger partial charge in [0, 0.05) is 18.7 Å². The van der Waals surface area contributed by atoms with Gasteiger partial charge in [0.15, 0.2) is 0 Å². The van der Waals surface area contributed by atoms with Crippen LogP contribution in [0.15, 0.2) is 24.3 Å². The fourth-order valence-electron chi connectivity index (χ4n) is 1.68. The monoisotopic (exact) mass is 301 g/mol. The summed E-state index contributed by atoms with van der Waals surface area (Å²) in [5.41, 5.74) is 1.24. The van der Waals surface area contributed by atoms with E-state index in [1.807, 2.05) is 0 Å². The molecular formula is C14H14F3NO3. The highest BCUT2D eigenvalue weighted by Gasteiger charge is 2.31. The number of carbonyl (C=O) groups is 2. The largest absolute Gasteiger partial charge is 0.478 e. The van der Waals surface area contributed by atoms with Crippen LogP contribution in [0.4, 0.5) is 13.2 Å². The normalized spacial score (nSPS) is 11.7. The number of carbonyl (C=O) groups excluding carboxylic acids is 1. The molecule has 1 rings (SSSR count). The lowest BCUT2D eigenvalue weighted by molar-refractivity contribution is -0.138. The third-order valence-electron chi connectivity index (χ3n) is 2.69. The summed E-state index contributed by atoms with van der Waals surface area (Å²) in [4.78, 5) is 23.0. The minimum absolute atomic E-state index is 0.0670. The molecule has 0 saturated heterocycles. The summed E-state index contributed by atoms with van der Waals surface area (Å²) < 4.78 is 36.8. The van der Waals surface area contributed by atoms with E-state index in [9.17, 15) is 22.8 Å². The van der Waals surface area contributed by atoms with Crippen LogP contribution in [0.1, 0.15) is 21.5 Å². The number of rotatable bonds is 4. The first kappa shape index (κ1) is 16.7. The van der Waals surface area contributed by atoms with Gasteiger partial charge in [-0.1, -0.05) is 6.07 Å². The SMILES string of the molecule is Cc1ccc(C(=O)N(C)CC(F)(F)F)cc1/C=C/C(=O)O. The molecule has 114 valence electrons. The molecule has 0 heterocycles. The number of aryl methyl sites for hydroxylation is 1. The van der Waals surface area contributed by atoms with Gasteiger partial charge < -0.3 is 10.0 Å². The number of aliphatic carboxylic acids is 1. The van der Waals surface area contributed by atoms with Gasteiger partial charge in [-0.15, -0.1) is 0 Å². The van der Waals surface area contributed by atoms with Crippen molar-refractivity contribution in [2.24, 2.45) is 0 Å². The number of halogens is 3. The fourth-order valence-corrected chi connectivity index (χ4v) is 1.68. The summed E-state index contributed by atoms with van der Waals surface area (Å²) in [6.45, 7) is 0.356. The van der Waals surface area contributed by atoms with Gasteiger partial charge in [0.25, 0.3) is 5.91 Å². The van der Waals surface area contributed by atoms with Crippen molar-refractivity contribution in [1.29, 1.82) is 0 Å². The van der Waals surface area contributed by atoms with E-state index in [0.717, 1.165) is 13.1 Å². The third kappa shape index (κ3) is 5.29. The molecule has 0 fully saturated rings. The van der Waals surface area contributed by atoms with Crippen LogP contribution in [-0.4, -0.2) is 41.7 Å². The van der Waals surface area contributed by atoms with Crippen LogP contribution in [0.25, 0.3) is 6.08 Å². The molecule has 0 unspecified atom stereocenters. The lowest BCUT2D eigenvalue weighted by atomic mass is 10.0. The molecule has 21 heavy (non-hydrogen) atoms. The number of hydrogen-bond acceptors (Lipinski definition) is 2. The Balaban J connectivity index is 3.01. The molecule has 1 amide bonds. The van der Waals surface area contributed by atoms with Crippen molar-refractivity contribution < 1.29 is 27.9 Å². The lowest BCUT2D eigenvalue weighted by Gasteiger charge is -2.19. The third-order valence-corrected chi connectivity index (χ3v) is 2.69. The van der Waals surface area contributed by atoms with Crippen LogP contribution < -0.4 is 0 Å². The summed E-state index contributed by atoms with van der Waals surface area (Å²) in [5, 5.41) is 8.57. The van der Waals surface area contributed by atoms with Crippen molar-refractivity contribution in [1.82, 2.24) is 4.90 Å². The summed E-state index contributed by atoms with van der Waals surface area (Å²) in [7, 11) is 1.06. The topological polar surface area (TPSA) is 57.6 Å². The second kappa shape index (κ2) is 6.43. The van der Waals surface area contributed by atoms with Crippen LogP contribution in [0.2, 0.25) is 0 Å². The van der Waals surface area contributed by atoms with Crippen LogP contribution in [0, 0.1) is 6.92 Å². The van der Waals surface area contributed by atoms with Crippen molar-refractivity contribution in [2.45, 2.75) is 13.1 Å². The quantitative estimate of drug-likeness (QED) is 0.870. The van der Waals surface area contributed by atoms with E-state index in [0.29, 0.717) is 16.0 Å². The average molecular weight is 301 g/mol. The Hall–Kier alpha value is -2.31. The standard InChI is InChI=1S/C14H14F3NO3/c1-9-3-4-11(7-10(9)5-6-12(19)20)13(21)18(2)8-14(15,16)17/h3-7H,8H2,1-2H3,(H,19,20)/b6-5+. The Morgan fingerprint density at radius 3 is 2.48 bits per heavy atom. The van der Waals surface area contributed by atoms with Crippen molar-refractivity contribution in [3.05, 3.63) is 41.0 Å². The molecule has 1 aromatic rings. The molecule has 0 spiro atoms. The Bertz CT molecular complexity index is 579. The highest BCUT2D eigenvalue weighted by molar-refractivity contribution is 5.95. The molecule has 0 atom stereocenters. The maximum atomic E-state index is 12.3. The zero-order chi connectivity index (χ0) is 16.2. The summed E-state index contributed by atoms with van der Waals surface area (Å²) in [5.74, 6) is -1.93. The molecule has 0 aliphatic rings. The highest BCUT2D eigenvalue weighted by Crippen LogP contribution is 2.19. The number of nitrogens with zero attached hydrogens (tertiary/aromatic N) is 1. The first-order valence-electron chi connectivity index (χ1n) is 5.94. The van der Waals surface area contributed by atoms with E-state index in [1.165, 1.54) is 18.2 Å². The molecule has 0 radical (unpaired) electrons. The van der Waals surface area contributed by atoms with Gasteiger partial charge in [-0.25, -0.2) is 4.79 Å². The lowest BCUT2D eigenvalue weighted by Crippen LogP contribution is -2.35. The van der Waals surface area contributed by atoms with Gasteiger partial charge in [-0.05, 0) is 36.3 Å². The summed E-state index contributed by atoms with van der Waals surface area (Å²) >= 11 is 0. The second-order valence-corrected chi connectivity index (χ2v) is 4.52. The van der Waals surface area contributed by atoms with Crippen LogP contribution in [0.5, 0.6) is 0 Å². The van der Waals surface area contributed by atoms with Crippen molar-refractivity contribution in [2.75, 3.05) is 13.6 Å². The number of benzene rings is 1. The van der Waals surface area contributed by atoms with E-state index in [1.54, 1.807) is 13.0 Å². The predicted octanol–water partition coefficient (Wildman–Crippen LogP) is 2.73. The fraction of sp³-hybridized carbons (Fsp3) is 0.286. The van der Waals surface area contributed by atoms with Gasteiger partial charge in [0.1, 0.15) is 6.54 Å². The number of carboxylic acids is 1. The number of amides is 1. The highest BCUT2D eigenvalue weighted by atomic mass is 19.4. The first-order valence-corrected chi connectivity index (χ1v) is 5.94. The maximum absolute atomic E-state index is 12.3. The molecule has 7 heteroatoms. The smallest absolute Gasteiger partial charge is 0.406 e. The average Bonchev–Trinajstić information content (AvgIpc) is 2.34. The minimum atomic E-state index is -4.47. The minimum Gasteiger partial charge on any atom is -0.478 e. The molecule has 0 saturated carbocycles. The molecule has 0 aromatic heterocycles. The summed E-state index contributed by atoms with van der Waals surface area (Å²) in [6, 6.07) is 4.32. The second-order valence-electron chi connectivity index (χ2n) is 4.52. The summed E-state index contributed by atoms with van der Waals surface area (Å²) in [6.07, 6.45) is -2.28. The molecule has 0 aliphatic heterocycles.